The second-order valence-corrected chi connectivity index (χ2v) is 5.28. The van der Waals surface area contributed by atoms with E-state index >= 15 is 0 Å². The van der Waals surface area contributed by atoms with Crippen LogP contribution in [0.4, 0.5) is 0 Å². The summed E-state index contributed by atoms with van der Waals surface area (Å²) in [6.45, 7) is 2.17. The molecule has 0 spiro atoms. The molecule has 1 atom stereocenters. The van der Waals surface area contributed by atoms with Crippen molar-refractivity contribution < 1.29 is 0 Å². The van der Waals surface area contributed by atoms with E-state index in [2.05, 4.69) is 24.4 Å². The molecule has 1 nitrogen and oxygen atoms in total. The number of rotatable bonds is 4. The minimum Gasteiger partial charge on any atom is -0.307 e. The lowest BCUT2D eigenvalue weighted by molar-refractivity contribution is 0.439. The summed E-state index contributed by atoms with van der Waals surface area (Å²) in [5.41, 5.74) is 1.14. The number of nitrogens with one attached hydrogen (secondary N) is 1. The Morgan fingerprint density at radius 1 is 1.29 bits per heavy atom. The first-order valence-corrected chi connectivity index (χ1v) is 6.82. The van der Waals surface area contributed by atoms with E-state index in [-0.39, 0.29) is 0 Å². The second kappa shape index (κ2) is 5.90. The Balaban J connectivity index is 2.11. The minimum absolute atomic E-state index is 0.310. The van der Waals surface area contributed by atoms with Crippen LogP contribution in [0.3, 0.4) is 0 Å². The number of benzene rings is 1. The Labute approximate surface area is 113 Å². The maximum Gasteiger partial charge on any atom is 0.0468 e. The van der Waals surface area contributed by atoms with Crippen LogP contribution >= 0.6 is 23.2 Å². The first kappa shape index (κ1) is 12.9. The van der Waals surface area contributed by atoms with Gasteiger partial charge in [0.2, 0.25) is 0 Å². The summed E-state index contributed by atoms with van der Waals surface area (Å²) in [6, 6.07) is 6.60. The fourth-order valence-electron chi connectivity index (χ4n) is 2.25. The van der Waals surface area contributed by atoms with Crippen molar-refractivity contribution in [1.82, 2.24) is 5.32 Å². The molecule has 0 radical (unpaired) electrons. The first-order chi connectivity index (χ1) is 8.20. The fourth-order valence-corrected chi connectivity index (χ4v) is 2.79. The van der Waals surface area contributed by atoms with E-state index < -0.39 is 0 Å². The lowest BCUT2D eigenvalue weighted by Gasteiger charge is -2.23. The minimum atomic E-state index is 0.310. The molecule has 0 bridgehead atoms. The van der Waals surface area contributed by atoms with Crippen LogP contribution in [0.15, 0.2) is 30.4 Å². The van der Waals surface area contributed by atoms with E-state index in [0.29, 0.717) is 17.1 Å². The summed E-state index contributed by atoms with van der Waals surface area (Å²) in [5.74, 6) is 0. The average Bonchev–Trinajstić information content (AvgIpc) is 2.79. The molecule has 0 saturated carbocycles. The lowest BCUT2D eigenvalue weighted by Crippen LogP contribution is -2.30. The molecule has 0 fully saturated rings. The fraction of sp³-hybridized carbons (Fsp3) is 0.429. The predicted molar refractivity (Wildman–Crippen MR) is 74.8 cm³/mol. The second-order valence-electron chi connectivity index (χ2n) is 4.43. The van der Waals surface area contributed by atoms with Gasteiger partial charge in [-0.15, -0.1) is 0 Å². The third-order valence-corrected chi connectivity index (χ3v) is 3.75. The van der Waals surface area contributed by atoms with E-state index in [0.717, 1.165) is 29.8 Å². The molecule has 1 unspecified atom stereocenters. The van der Waals surface area contributed by atoms with Crippen molar-refractivity contribution in [3.8, 4) is 0 Å². The molecule has 1 N–H and O–H groups in total. The molecule has 0 aliphatic heterocycles. The Bertz CT molecular complexity index is 407. The van der Waals surface area contributed by atoms with Gasteiger partial charge in [0.1, 0.15) is 0 Å². The van der Waals surface area contributed by atoms with Crippen LogP contribution in [0.5, 0.6) is 0 Å². The van der Waals surface area contributed by atoms with Gasteiger partial charge in [-0.2, -0.15) is 0 Å². The molecular weight excluding hydrogens is 253 g/mol. The maximum absolute atomic E-state index is 6.25. The normalized spacial score (nSPS) is 17.6. The lowest BCUT2D eigenvalue weighted by atomic mass is 10.0. The van der Waals surface area contributed by atoms with Crippen molar-refractivity contribution in [2.24, 2.45) is 0 Å². The summed E-state index contributed by atoms with van der Waals surface area (Å²) in [4.78, 5) is 0. The molecule has 17 heavy (non-hydrogen) atoms. The molecule has 1 aliphatic carbocycles. The summed E-state index contributed by atoms with van der Waals surface area (Å²) >= 11 is 12.2. The Morgan fingerprint density at radius 3 is 2.59 bits per heavy atom. The predicted octanol–water partition coefficient (Wildman–Crippen LogP) is 4.75. The van der Waals surface area contributed by atoms with Gasteiger partial charge in [0, 0.05) is 22.1 Å². The smallest absolute Gasteiger partial charge is 0.0468 e. The topological polar surface area (TPSA) is 12.0 Å². The quantitative estimate of drug-likeness (QED) is 0.778. The van der Waals surface area contributed by atoms with Gasteiger partial charge < -0.3 is 5.32 Å². The van der Waals surface area contributed by atoms with Crippen molar-refractivity contribution >= 4 is 23.2 Å². The number of halogens is 2. The molecule has 0 saturated heterocycles. The molecule has 0 heterocycles. The molecule has 3 heteroatoms. The molecule has 0 amide bonds. The van der Waals surface area contributed by atoms with Crippen LogP contribution in [0.1, 0.15) is 37.8 Å². The van der Waals surface area contributed by atoms with Gasteiger partial charge in [0.15, 0.2) is 0 Å². The van der Waals surface area contributed by atoms with Crippen molar-refractivity contribution in [3.05, 3.63) is 46.0 Å². The monoisotopic (exact) mass is 269 g/mol. The van der Waals surface area contributed by atoms with E-state index in [1.165, 1.54) is 0 Å². The van der Waals surface area contributed by atoms with Crippen LogP contribution in [0, 0.1) is 0 Å². The third-order valence-electron chi connectivity index (χ3n) is 3.19. The first-order valence-electron chi connectivity index (χ1n) is 6.06. The van der Waals surface area contributed by atoms with Gasteiger partial charge in [-0.05, 0) is 37.0 Å². The van der Waals surface area contributed by atoms with E-state index in [1.807, 2.05) is 18.2 Å². The van der Waals surface area contributed by atoms with Gasteiger partial charge in [-0.3, -0.25) is 0 Å². The highest BCUT2D eigenvalue weighted by molar-refractivity contribution is 6.35. The molecular formula is C14H17Cl2N. The molecule has 1 aliphatic rings. The highest BCUT2D eigenvalue weighted by atomic mass is 35.5. The average molecular weight is 270 g/mol. The Morgan fingerprint density at radius 2 is 2.00 bits per heavy atom. The van der Waals surface area contributed by atoms with Crippen molar-refractivity contribution in [1.29, 1.82) is 0 Å². The largest absolute Gasteiger partial charge is 0.307 e. The van der Waals surface area contributed by atoms with Crippen LogP contribution in [-0.2, 0) is 0 Å². The maximum atomic E-state index is 6.25. The van der Waals surface area contributed by atoms with Crippen molar-refractivity contribution in [3.63, 3.8) is 0 Å². The van der Waals surface area contributed by atoms with Gasteiger partial charge in [-0.25, -0.2) is 0 Å². The van der Waals surface area contributed by atoms with Gasteiger partial charge in [0.25, 0.3) is 0 Å². The number of hydrogen-bond acceptors (Lipinski definition) is 1. The highest BCUT2D eigenvalue weighted by Crippen LogP contribution is 2.29. The molecule has 92 valence electrons. The van der Waals surface area contributed by atoms with E-state index in [9.17, 15) is 0 Å². The zero-order chi connectivity index (χ0) is 12.3. The van der Waals surface area contributed by atoms with Gasteiger partial charge in [-0.1, -0.05) is 48.3 Å². The Kier molecular flexibility index (Phi) is 4.49. The van der Waals surface area contributed by atoms with Crippen molar-refractivity contribution in [2.45, 2.75) is 38.3 Å². The summed E-state index contributed by atoms with van der Waals surface area (Å²) < 4.78 is 0. The summed E-state index contributed by atoms with van der Waals surface area (Å²) in [6.07, 6.45) is 7.71. The zero-order valence-corrected chi connectivity index (χ0v) is 11.4. The zero-order valence-electron chi connectivity index (χ0n) is 9.92. The standard InChI is InChI=1S/C14H17Cl2N/c1-2-14(17-11-5-3-4-6-11)12-8-7-10(15)9-13(12)16/h3-4,7-9,11,14,17H,2,5-6H2,1H3. The van der Waals surface area contributed by atoms with Crippen molar-refractivity contribution in [2.75, 3.05) is 0 Å². The Hall–Kier alpha value is -0.500. The van der Waals surface area contributed by atoms with Gasteiger partial charge in [0.05, 0.1) is 0 Å². The van der Waals surface area contributed by atoms with E-state index in [1.54, 1.807) is 0 Å². The van der Waals surface area contributed by atoms with Crippen LogP contribution in [0.25, 0.3) is 0 Å². The summed E-state index contributed by atoms with van der Waals surface area (Å²) in [5, 5.41) is 5.10. The van der Waals surface area contributed by atoms with Crippen LogP contribution < -0.4 is 5.32 Å². The molecule has 1 aromatic rings. The highest BCUT2D eigenvalue weighted by Gasteiger charge is 2.18. The van der Waals surface area contributed by atoms with E-state index in [4.69, 9.17) is 23.2 Å². The molecule has 1 aromatic carbocycles. The third kappa shape index (κ3) is 3.25. The van der Waals surface area contributed by atoms with Crippen LogP contribution in [-0.4, -0.2) is 6.04 Å². The van der Waals surface area contributed by atoms with Crippen LogP contribution in [0.2, 0.25) is 10.0 Å². The van der Waals surface area contributed by atoms with Gasteiger partial charge >= 0.3 is 0 Å². The molecule has 0 aromatic heterocycles. The number of hydrogen-bond donors (Lipinski definition) is 1. The molecule has 2 rings (SSSR count). The summed E-state index contributed by atoms with van der Waals surface area (Å²) in [7, 11) is 0. The SMILES string of the molecule is CCC(NC1CC=CC1)c1ccc(Cl)cc1Cl.